The lowest BCUT2D eigenvalue weighted by molar-refractivity contribution is 0.0651. The van der Waals surface area contributed by atoms with Crippen molar-refractivity contribution in [2.24, 2.45) is 5.41 Å². The van der Waals surface area contributed by atoms with Crippen LogP contribution in [-0.2, 0) is 6.54 Å². The number of thiazole rings is 1. The predicted molar refractivity (Wildman–Crippen MR) is 88.3 cm³/mol. The highest BCUT2D eigenvalue weighted by Crippen LogP contribution is 2.39. The molecule has 2 aromatic rings. The Morgan fingerprint density at radius 2 is 2.30 bits per heavy atom. The Bertz CT molecular complexity index is 655. The Morgan fingerprint density at radius 1 is 1.35 bits per heavy atom. The van der Waals surface area contributed by atoms with Crippen LogP contribution in [0.4, 0.5) is 0 Å². The molecule has 23 heavy (non-hydrogen) atoms. The van der Waals surface area contributed by atoms with Crippen LogP contribution in [0.3, 0.4) is 0 Å². The Hall–Kier alpha value is -1.66. The minimum atomic E-state index is 0.0314. The van der Waals surface area contributed by atoms with E-state index in [1.54, 1.807) is 29.7 Å². The van der Waals surface area contributed by atoms with E-state index in [9.17, 15) is 4.79 Å². The van der Waals surface area contributed by atoms with Gasteiger partial charge in [-0.2, -0.15) is 0 Å². The van der Waals surface area contributed by atoms with Gasteiger partial charge in [0.25, 0.3) is 5.91 Å². The zero-order valence-corrected chi connectivity index (χ0v) is 13.9. The van der Waals surface area contributed by atoms with Gasteiger partial charge in [0, 0.05) is 36.6 Å². The number of aromatic nitrogens is 1. The summed E-state index contributed by atoms with van der Waals surface area (Å²) in [5.74, 6) is 0.487. The maximum Gasteiger partial charge on any atom is 0.289 e. The topological polar surface area (TPSA) is 49.6 Å². The highest BCUT2D eigenvalue weighted by Gasteiger charge is 2.43. The molecule has 2 aliphatic heterocycles. The maximum atomic E-state index is 12.5. The molecule has 0 aromatic carbocycles. The number of nitrogens with zero attached hydrogens (tertiary/aromatic N) is 3. The molecule has 2 saturated heterocycles. The highest BCUT2D eigenvalue weighted by molar-refractivity contribution is 7.09. The highest BCUT2D eigenvalue weighted by atomic mass is 32.1. The van der Waals surface area contributed by atoms with Crippen LogP contribution in [0.15, 0.2) is 34.4 Å². The van der Waals surface area contributed by atoms with Gasteiger partial charge in [0.1, 0.15) is 5.01 Å². The summed E-state index contributed by atoms with van der Waals surface area (Å²) in [7, 11) is 0. The van der Waals surface area contributed by atoms with E-state index in [0.29, 0.717) is 5.76 Å². The first-order chi connectivity index (χ1) is 11.2. The average molecular weight is 331 g/mol. The first kappa shape index (κ1) is 14.9. The molecule has 4 rings (SSSR count). The van der Waals surface area contributed by atoms with Crippen molar-refractivity contribution in [1.82, 2.24) is 14.8 Å². The van der Waals surface area contributed by atoms with Crippen LogP contribution < -0.4 is 0 Å². The number of hydrogen-bond acceptors (Lipinski definition) is 5. The summed E-state index contributed by atoms with van der Waals surface area (Å²) in [6, 6.07) is 3.53. The summed E-state index contributed by atoms with van der Waals surface area (Å²) in [5, 5.41) is 3.22. The van der Waals surface area contributed by atoms with E-state index in [4.69, 9.17) is 4.42 Å². The number of hydrogen-bond donors (Lipinski definition) is 0. The van der Waals surface area contributed by atoms with Gasteiger partial charge in [0.15, 0.2) is 5.76 Å². The molecule has 1 amide bonds. The summed E-state index contributed by atoms with van der Waals surface area (Å²) in [4.78, 5) is 21.4. The molecule has 0 N–H and O–H groups in total. The lowest BCUT2D eigenvalue weighted by Gasteiger charge is -2.40. The summed E-state index contributed by atoms with van der Waals surface area (Å²) in [6.07, 6.45) is 6.94. The van der Waals surface area contributed by atoms with Gasteiger partial charge in [-0.15, -0.1) is 11.3 Å². The SMILES string of the molecule is O=C(c1ccco1)N1CC[C@@]2(CCCN(Cc3nccs3)C2)C1. The minimum absolute atomic E-state index is 0.0314. The smallest absolute Gasteiger partial charge is 0.289 e. The van der Waals surface area contributed by atoms with Gasteiger partial charge >= 0.3 is 0 Å². The average Bonchev–Trinajstić information content (AvgIpc) is 3.28. The summed E-state index contributed by atoms with van der Waals surface area (Å²) >= 11 is 1.72. The molecule has 122 valence electrons. The van der Waals surface area contributed by atoms with Gasteiger partial charge < -0.3 is 9.32 Å². The fourth-order valence-corrected chi connectivity index (χ4v) is 4.62. The van der Waals surface area contributed by atoms with Crippen molar-refractivity contribution in [3.8, 4) is 0 Å². The van der Waals surface area contributed by atoms with E-state index < -0.39 is 0 Å². The number of furan rings is 1. The van der Waals surface area contributed by atoms with E-state index in [-0.39, 0.29) is 11.3 Å². The van der Waals surface area contributed by atoms with Crippen molar-refractivity contribution < 1.29 is 9.21 Å². The zero-order chi connectivity index (χ0) is 15.7. The number of carbonyl (C=O) groups excluding carboxylic acids is 1. The van der Waals surface area contributed by atoms with Crippen molar-refractivity contribution in [3.05, 3.63) is 40.7 Å². The third-order valence-electron chi connectivity index (χ3n) is 5.04. The van der Waals surface area contributed by atoms with Crippen molar-refractivity contribution in [2.45, 2.75) is 25.8 Å². The standard InChI is InChI=1S/C17H21N3O2S/c21-16(14-3-1-9-22-14)20-8-5-17(13-20)4-2-7-19(12-17)11-15-18-6-10-23-15/h1,3,6,9-10H,2,4-5,7-8,11-13H2/t17-/m1/s1. The second-order valence-corrected chi connectivity index (χ2v) is 7.67. The maximum absolute atomic E-state index is 12.5. The Balaban J connectivity index is 1.41. The lowest BCUT2D eigenvalue weighted by Crippen LogP contribution is -2.44. The molecule has 1 spiro atoms. The van der Waals surface area contributed by atoms with Gasteiger partial charge in [-0.05, 0) is 37.9 Å². The molecule has 0 aliphatic carbocycles. The van der Waals surface area contributed by atoms with Crippen molar-refractivity contribution in [3.63, 3.8) is 0 Å². The van der Waals surface area contributed by atoms with E-state index in [1.165, 1.54) is 17.8 Å². The molecular weight excluding hydrogens is 310 g/mol. The number of likely N-dealkylation sites (tertiary alicyclic amines) is 2. The van der Waals surface area contributed by atoms with Crippen LogP contribution in [0, 0.1) is 5.41 Å². The van der Waals surface area contributed by atoms with Crippen molar-refractivity contribution >= 4 is 17.2 Å². The van der Waals surface area contributed by atoms with Crippen LogP contribution in [0.1, 0.15) is 34.8 Å². The normalized spacial score (nSPS) is 25.3. The van der Waals surface area contributed by atoms with Gasteiger partial charge in [-0.1, -0.05) is 0 Å². The molecular formula is C17H21N3O2S. The van der Waals surface area contributed by atoms with Crippen LogP contribution in [0.2, 0.25) is 0 Å². The second-order valence-electron chi connectivity index (χ2n) is 6.69. The van der Waals surface area contributed by atoms with Crippen LogP contribution in [-0.4, -0.2) is 46.9 Å². The van der Waals surface area contributed by atoms with Crippen molar-refractivity contribution in [1.29, 1.82) is 0 Å². The third-order valence-corrected chi connectivity index (χ3v) is 5.80. The molecule has 5 nitrogen and oxygen atoms in total. The first-order valence-electron chi connectivity index (χ1n) is 8.18. The molecule has 0 saturated carbocycles. The molecule has 0 unspecified atom stereocenters. The third kappa shape index (κ3) is 3.05. The molecule has 2 aliphatic rings. The number of piperidine rings is 1. The molecule has 4 heterocycles. The van der Waals surface area contributed by atoms with E-state index >= 15 is 0 Å². The minimum Gasteiger partial charge on any atom is -0.459 e. The second kappa shape index (κ2) is 6.09. The van der Waals surface area contributed by atoms with Gasteiger partial charge in [-0.25, -0.2) is 4.98 Å². The summed E-state index contributed by atoms with van der Waals surface area (Å²) in [5.41, 5.74) is 0.248. The monoisotopic (exact) mass is 331 g/mol. The van der Waals surface area contributed by atoms with E-state index in [0.717, 1.165) is 39.1 Å². The zero-order valence-electron chi connectivity index (χ0n) is 13.1. The lowest BCUT2D eigenvalue weighted by atomic mass is 9.79. The fraction of sp³-hybridized carbons (Fsp3) is 0.529. The quantitative estimate of drug-likeness (QED) is 0.868. The van der Waals surface area contributed by atoms with Gasteiger partial charge in [0.2, 0.25) is 0 Å². The molecule has 1 atom stereocenters. The number of rotatable bonds is 3. The molecule has 2 fully saturated rings. The van der Waals surface area contributed by atoms with E-state index in [2.05, 4.69) is 9.88 Å². The molecule has 0 bridgehead atoms. The van der Waals surface area contributed by atoms with Crippen LogP contribution >= 0.6 is 11.3 Å². The molecule has 2 aromatic heterocycles. The van der Waals surface area contributed by atoms with E-state index in [1.807, 2.05) is 16.5 Å². The summed E-state index contributed by atoms with van der Waals surface area (Å²) < 4.78 is 5.27. The van der Waals surface area contributed by atoms with Crippen LogP contribution in [0.5, 0.6) is 0 Å². The molecule has 6 heteroatoms. The largest absolute Gasteiger partial charge is 0.459 e. The van der Waals surface area contributed by atoms with Gasteiger partial charge in [-0.3, -0.25) is 9.69 Å². The molecule has 0 radical (unpaired) electrons. The number of carbonyl (C=O) groups is 1. The first-order valence-corrected chi connectivity index (χ1v) is 9.06. The van der Waals surface area contributed by atoms with Crippen molar-refractivity contribution in [2.75, 3.05) is 26.2 Å². The Morgan fingerprint density at radius 3 is 3.09 bits per heavy atom. The number of amides is 1. The predicted octanol–water partition coefficient (Wildman–Crippen LogP) is 2.86. The Kier molecular flexibility index (Phi) is 3.95. The fourth-order valence-electron chi connectivity index (χ4n) is 3.97. The summed E-state index contributed by atoms with van der Waals surface area (Å²) in [6.45, 7) is 4.82. The van der Waals surface area contributed by atoms with Gasteiger partial charge in [0.05, 0.1) is 12.8 Å². The van der Waals surface area contributed by atoms with Crippen LogP contribution in [0.25, 0.3) is 0 Å². The Labute approximate surface area is 139 Å².